The Hall–Kier alpha value is -3.78. The summed E-state index contributed by atoms with van der Waals surface area (Å²) in [5.41, 5.74) is 1.54. The molecular weight excluding hydrogens is 469 g/mol. The van der Waals surface area contributed by atoms with E-state index in [-0.39, 0.29) is 17.3 Å². The Morgan fingerprint density at radius 1 is 0.971 bits per heavy atom. The van der Waals surface area contributed by atoms with Gasteiger partial charge in [0.1, 0.15) is 12.4 Å². The molecule has 0 saturated carbocycles. The van der Waals surface area contributed by atoms with Crippen molar-refractivity contribution < 1.29 is 27.4 Å². The molecule has 0 fully saturated rings. The van der Waals surface area contributed by atoms with Gasteiger partial charge >= 0.3 is 12.1 Å². The third-order valence-electron chi connectivity index (χ3n) is 5.01. The molecule has 0 saturated heterocycles. The second kappa shape index (κ2) is 9.61. The number of nitrogens with zero attached hydrogens (tertiary/aromatic N) is 2. The van der Waals surface area contributed by atoms with Crippen molar-refractivity contribution in [1.82, 2.24) is 9.78 Å². The first-order valence-electron chi connectivity index (χ1n) is 10.1. The second-order valence-corrected chi connectivity index (χ2v) is 7.67. The number of alkyl halides is 3. The standard InChI is InChI=1S/C25H18ClF3N2O3/c1-33-24(32)18-6-4-5-17(13-18)16-9-11-20(12-10-16)34-15-19-14-23(25(27,28)29)30-31(19)22-8-3-2-7-21(22)26/h2-14H,15H2,1H3. The van der Waals surface area contributed by atoms with Crippen molar-refractivity contribution in [3.8, 4) is 22.6 Å². The summed E-state index contributed by atoms with van der Waals surface area (Å²) in [4.78, 5) is 11.8. The molecule has 0 aliphatic rings. The third kappa shape index (κ3) is 5.07. The first-order valence-corrected chi connectivity index (χ1v) is 10.5. The average Bonchev–Trinajstić information content (AvgIpc) is 3.27. The number of methoxy groups -OCH3 is 1. The number of esters is 1. The predicted molar refractivity (Wildman–Crippen MR) is 121 cm³/mol. The minimum Gasteiger partial charge on any atom is -0.487 e. The van der Waals surface area contributed by atoms with Crippen LogP contribution in [0, 0.1) is 0 Å². The SMILES string of the molecule is COC(=O)c1cccc(-c2ccc(OCc3cc(C(F)(F)F)nn3-c3ccccc3Cl)cc2)c1. The minimum atomic E-state index is -4.61. The highest BCUT2D eigenvalue weighted by molar-refractivity contribution is 6.32. The van der Waals surface area contributed by atoms with E-state index in [1.165, 1.54) is 7.11 Å². The van der Waals surface area contributed by atoms with Crippen molar-refractivity contribution in [2.24, 2.45) is 0 Å². The number of halogens is 4. The Balaban J connectivity index is 1.56. The number of aromatic nitrogens is 2. The number of hydrogen-bond donors (Lipinski definition) is 0. The number of carbonyl (C=O) groups is 1. The molecule has 3 aromatic carbocycles. The number of ether oxygens (including phenoxy) is 2. The lowest BCUT2D eigenvalue weighted by atomic mass is 10.0. The van der Waals surface area contributed by atoms with Gasteiger partial charge in [-0.3, -0.25) is 0 Å². The van der Waals surface area contributed by atoms with Gasteiger partial charge in [-0.25, -0.2) is 9.48 Å². The number of carbonyl (C=O) groups excluding carboxylic acids is 1. The van der Waals surface area contributed by atoms with Crippen LogP contribution in [0.2, 0.25) is 5.02 Å². The summed E-state index contributed by atoms with van der Waals surface area (Å²) in [6.45, 7) is -0.161. The van der Waals surface area contributed by atoms with E-state index in [4.69, 9.17) is 21.1 Å². The molecule has 1 heterocycles. The van der Waals surface area contributed by atoms with E-state index in [1.807, 2.05) is 6.07 Å². The summed E-state index contributed by atoms with van der Waals surface area (Å²) >= 11 is 6.18. The molecule has 0 unspecified atom stereocenters. The lowest BCUT2D eigenvalue weighted by Gasteiger charge is -2.11. The smallest absolute Gasteiger partial charge is 0.435 e. The van der Waals surface area contributed by atoms with Gasteiger partial charge < -0.3 is 9.47 Å². The molecule has 0 spiro atoms. The zero-order valence-electron chi connectivity index (χ0n) is 17.8. The molecule has 4 aromatic rings. The van der Waals surface area contributed by atoms with Crippen molar-refractivity contribution in [3.63, 3.8) is 0 Å². The van der Waals surface area contributed by atoms with Crippen molar-refractivity contribution >= 4 is 17.6 Å². The number of hydrogen-bond acceptors (Lipinski definition) is 4. The fraction of sp³-hybridized carbons (Fsp3) is 0.120. The number of benzene rings is 3. The molecule has 0 bridgehead atoms. The van der Waals surface area contributed by atoms with Crippen molar-refractivity contribution in [2.45, 2.75) is 12.8 Å². The van der Waals surface area contributed by atoms with Crippen LogP contribution in [0.3, 0.4) is 0 Å². The zero-order valence-corrected chi connectivity index (χ0v) is 18.6. The van der Waals surface area contributed by atoms with E-state index in [0.717, 1.165) is 21.9 Å². The van der Waals surface area contributed by atoms with Crippen molar-refractivity contribution in [1.29, 1.82) is 0 Å². The molecule has 0 atom stereocenters. The lowest BCUT2D eigenvalue weighted by molar-refractivity contribution is -0.141. The molecule has 4 rings (SSSR count). The largest absolute Gasteiger partial charge is 0.487 e. The quantitative estimate of drug-likeness (QED) is 0.289. The van der Waals surface area contributed by atoms with Crippen LogP contribution in [-0.2, 0) is 17.5 Å². The maximum absolute atomic E-state index is 13.3. The monoisotopic (exact) mass is 486 g/mol. The van der Waals surface area contributed by atoms with Gasteiger partial charge in [0.2, 0.25) is 0 Å². The van der Waals surface area contributed by atoms with Gasteiger partial charge in [0.05, 0.1) is 29.1 Å². The first-order chi connectivity index (χ1) is 16.3. The molecule has 34 heavy (non-hydrogen) atoms. The maximum atomic E-state index is 13.3. The summed E-state index contributed by atoms with van der Waals surface area (Å²) in [6, 6.07) is 21.4. The summed E-state index contributed by atoms with van der Waals surface area (Å²) in [7, 11) is 1.32. The van der Waals surface area contributed by atoms with Gasteiger partial charge in [0, 0.05) is 0 Å². The van der Waals surface area contributed by atoms with Crippen LogP contribution in [0.1, 0.15) is 21.7 Å². The Kier molecular flexibility index (Phi) is 6.61. The molecule has 0 aliphatic heterocycles. The summed E-state index contributed by atoms with van der Waals surface area (Å²) in [5.74, 6) is 0.0171. The third-order valence-corrected chi connectivity index (χ3v) is 5.33. The van der Waals surface area contributed by atoms with Crippen LogP contribution in [-0.4, -0.2) is 22.9 Å². The van der Waals surface area contributed by atoms with Crippen molar-refractivity contribution in [2.75, 3.05) is 7.11 Å². The van der Waals surface area contributed by atoms with E-state index >= 15 is 0 Å². The van der Waals surface area contributed by atoms with Crippen molar-refractivity contribution in [3.05, 3.63) is 101 Å². The highest BCUT2D eigenvalue weighted by Gasteiger charge is 2.35. The molecule has 0 radical (unpaired) electrons. The fourth-order valence-corrected chi connectivity index (χ4v) is 3.55. The van der Waals surface area contributed by atoms with Gasteiger partial charge in [-0.1, -0.05) is 48.0 Å². The molecule has 174 valence electrons. The average molecular weight is 487 g/mol. The lowest BCUT2D eigenvalue weighted by Crippen LogP contribution is -2.08. The van der Waals surface area contributed by atoms with Crippen LogP contribution in [0.25, 0.3) is 16.8 Å². The highest BCUT2D eigenvalue weighted by atomic mass is 35.5. The van der Waals surface area contributed by atoms with E-state index in [1.54, 1.807) is 66.7 Å². The van der Waals surface area contributed by atoms with Gasteiger partial charge in [-0.05, 0) is 53.6 Å². The minimum absolute atomic E-state index is 0.161. The molecule has 1 aromatic heterocycles. The Morgan fingerprint density at radius 3 is 2.38 bits per heavy atom. The number of rotatable bonds is 6. The molecule has 0 N–H and O–H groups in total. The topological polar surface area (TPSA) is 53.4 Å². The Morgan fingerprint density at radius 2 is 1.71 bits per heavy atom. The van der Waals surface area contributed by atoms with Crippen LogP contribution < -0.4 is 4.74 Å². The maximum Gasteiger partial charge on any atom is 0.435 e. The molecular formula is C25H18ClF3N2O3. The van der Waals surface area contributed by atoms with E-state index in [0.29, 0.717) is 17.0 Å². The van der Waals surface area contributed by atoms with Gasteiger partial charge in [-0.15, -0.1) is 0 Å². The second-order valence-electron chi connectivity index (χ2n) is 7.27. The normalized spacial score (nSPS) is 11.3. The molecule has 0 aliphatic carbocycles. The van der Waals surface area contributed by atoms with Crippen LogP contribution in [0.5, 0.6) is 5.75 Å². The van der Waals surface area contributed by atoms with Gasteiger partial charge in [-0.2, -0.15) is 18.3 Å². The summed E-state index contributed by atoms with van der Waals surface area (Å²) in [6.07, 6.45) is -4.61. The molecule has 9 heteroatoms. The van der Waals surface area contributed by atoms with Crippen LogP contribution in [0.15, 0.2) is 78.9 Å². The van der Waals surface area contributed by atoms with E-state index < -0.39 is 17.8 Å². The van der Waals surface area contributed by atoms with Crippen LogP contribution >= 0.6 is 11.6 Å². The summed E-state index contributed by atoms with van der Waals surface area (Å²) < 4.78 is 51.5. The first kappa shape index (κ1) is 23.4. The van der Waals surface area contributed by atoms with E-state index in [2.05, 4.69) is 5.10 Å². The van der Waals surface area contributed by atoms with E-state index in [9.17, 15) is 18.0 Å². The molecule has 0 amide bonds. The number of para-hydroxylation sites is 1. The fourth-order valence-electron chi connectivity index (χ4n) is 3.34. The predicted octanol–water partition coefficient (Wildman–Crippen LogP) is 6.58. The Labute approximate surface area is 198 Å². The van der Waals surface area contributed by atoms with Gasteiger partial charge in [0.25, 0.3) is 0 Å². The van der Waals surface area contributed by atoms with Crippen LogP contribution in [0.4, 0.5) is 13.2 Å². The highest BCUT2D eigenvalue weighted by Crippen LogP contribution is 2.31. The summed E-state index contributed by atoms with van der Waals surface area (Å²) in [5, 5.41) is 3.96. The zero-order chi connectivity index (χ0) is 24.3. The Bertz CT molecular complexity index is 1320. The van der Waals surface area contributed by atoms with Gasteiger partial charge in [0.15, 0.2) is 5.69 Å². The molecule has 5 nitrogen and oxygen atoms in total.